The highest BCUT2D eigenvalue weighted by atomic mass is 35.5. The second-order valence-corrected chi connectivity index (χ2v) is 3.45. The van der Waals surface area contributed by atoms with Crippen LogP contribution in [0.5, 0.6) is 5.75 Å². The number of hydrogen-bond acceptors (Lipinski definition) is 3. The van der Waals surface area contributed by atoms with E-state index in [0.717, 1.165) is 0 Å². The number of allylic oxidation sites excluding steroid dienone is 1. The van der Waals surface area contributed by atoms with Crippen LogP contribution < -0.4 is 4.74 Å². The van der Waals surface area contributed by atoms with E-state index in [2.05, 4.69) is 0 Å². The quantitative estimate of drug-likeness (QED) is 0.461. The van der Waals surface area contributed by atoms with Gasteiger partial charge in [0, 0.05) is 0 Å². The molecular weight excluding hydrogens is 228 g/mol. The van der Waals surface area contributed by atoms with Crippen LogP contribution >= 0.6 is 11.6 Å². The van der Waals surface area contributed by atoms with E-state index >= 15 is 0 Å². The summed E-state index contributed by atoms with van der Waals surface area (Å²) in [6.45, 7) is 3.75. The van der Waals surface area contributed by atoms with Gasteiger partial charge in [-0.25, -0.2) is 4.79 Å². The Kier molecular flexibility index (Phi) is 4.86. The van der Waals surface area contributed by atoms with Crippen LogP contribution in [-0.4, -0.2) is 12.6 Å². The first-order valence-corrected chi connectivity index (χ1v) is 5.28. The molecule has 1 aromatic rings. The van der Waals surface area contributed by atoms with Crippen molar-refractivity contribution in [3.05, 3.63) is 41.1 Å². The molecule has 0 amide bonds. The predicted octanol–water partition coefficient (Wildman–Crippen LogP) is 3.19. The van der Waals surface area contributed by atoms with Gasteiger partial charge in [-0.3, -0.25) is 0 Å². The Morgan fingerprint density at radius 2 is 2.12 bits per heavy atom. The van der Waals surface area contributed by atoms with Crippen LogP contribution in [0.3, 0.4) is 0 Å². The van der Waals surface area contributed by atoms with Gasteiger partial charge in [0.2, 0.25) is 0 Å². The minimum absolute atomic E-state index is 0.342. The molecule has 0 saturated heterocycles. The summed E-state index contributed by atoms with van der Waals surface area (Å²) < 4.78 is 10.1. The zero-order valence-electron chi connectivity index (χ0n) is 9.20. The molecule has 0 spiro atoms. The third kappa shape index (κ3) is 3.95. The average molecular weight is 241 g/mol. The Morgan fingerprint density at radius 1 is 1.44 bits per heavy atom. The lowest BCUT2D eigenvalue weighted by atomic mass is 10.3. The lowest BCUT2D eigenvalue weighted by Gasteiger charge is -2.06. The van der Waals surface area contributed by atoms with Crippen LogP contribution in [0.4, 0.5) is 0 Å². The van der Waals surface area contributed by atoms with Gasteiger partial charge in [0.15, 0.2) is 0 Å². The fourth-order valence-corrected chi connectivity index (χ4v) is 1.25. The molecule has 1 aromatic carbocycles. The summed E-state index contributed by atoms with van der Waals surface area (Å²) in [5.74, 6) is 0.529. The summed E-state index contributed by atoms with van der Waals surface area (Å²) in [6, 6.07) is 7.05. The van der Waals surface area contributed by atoms with Crippen molar-refractivity contribution in [3.8, 4) is 5.75 Å². The van der Waals surface area contributed by atoms with E-state index in [1.807, 2.05) is 0 Å². The van der Waals surface area contributed by atoms with Gasteiger partial charge >= 0.3 is 5.97 Å². The number of halogens is 1. The molecule has 0 N–H and O–H groups in total. The molecule has 0 saturated carbocycles. The molecule has 0 aromatic heterocycles. The smallest absolute Gasteiger partial charge is 0.334 e. The van der Waals surface area contributed by atoms with Crippen molar-refractivity contribution in [1.29, 1.82) is 0 Å². The molecule has 3 nitrogen and oxygen atoms in total. The topological polar surface area (TPSA) is 35.5 Å². The van der Waals surface area contributed by atoms with E-state index in [1.165, 1.54) is 6.08 Å². The first kappa shape index (κ1) is 12.6. The van der Waals surface area contributed by atoms with E-state index in [9.17, 15) is 4.79 Å². The van der Waals surface area contributed by atoms with Crippen molar-refractivity contribution in [2.75, 3.05) is 6.61 Å². The van der Waals surface area contributed by atoms with Crippen LogP contribution in [0.25, 0.3) is 0 Å². The van der Waals surface area contributed by atoms with Crippen LogP contribution in [0, 0.1) is 0 Å². The molecule has 4 heteroatoms. The maximum Gasteiger partial charge on any atom is 0.334 e. The van der Waals surface area contributed by atoms with Crippen molar-refractivity contribution in [2.24, 2.45) is 0 Å². The highest BCUT2D eigenvalue weighted by Gasteiger charge is 2.03. The van der Waals surface area contributed by atoms with Crippen LogP contribution in [0.1, 0.15) is 13.8 Å². The fraction of sp³-hybridized carbons (Fsp3) is 0.250. The van der Waals surface area contributed by atoms with Crippen molar-refractivity contribution in [2.45, 2.75) is 13.8 Å². The third-order valence-electron chi connectivity index (χ3n) is 1.72. The van der Waals surface area contributed by atoms with Crippen molar-refractivity contribution >= 4 is 17.6 Å². The van der Waals surface area contributed by atoms with Gasteiger partial charge in [0.25, 0.3) is 0 Å². The Hall–Kier alpha value is -1.48. The molecule has 0 unspecified atom stereocenters. The van der Waals surface area contributed by atoms with Gasteiger partial charge in [0.05, 0.1) is 17.7 Å². The Bertz CT molecular complexity index is 399. The normalized spacial score (nSPS) is 11.1. The lowest BCUT2D eigenvalue weighted by molar-refractivity contribution is -0.137. The van der Waals surface area contributed by atoms with Crippen LogP contribution in [-0.2, 0) is 9.53 Å². The first-order chi connectivity index (χ1) is 7.63. The van der Waals surface area contributed by atoms with E-state index in [1.54, 1.807) is 38.1 Å². The maximum atomic E-state index is 11.1. The number of rotatable bonds is 4. The Balaban J connectivity index is 2.67. The summed E-state index contributed by atoms with van der Waals surface area (Å²) in [7, 11) is 0. The van der Waals surface area contributed by atoms with Gasteiger partial charge < -0.3 is 9.47 Å². The van der Waals surface area contributed by atoms with Gasteiger partial charge in [0.1, 0.15) is 11.5 Å². The molecule has 0 bridgehead atoms. The van der Waals surface area contributed by atoms with Gasteiger partial charge in [-0.1, -0.05) is 23.7 Å². The number of carbonyl (C=O) groups is 1. The minimum Gasteiger partial charge on any atom is -0.463 e. The Morgan fingerprint density at radius 3 is 2.75 bits per heavy atom. The zero-order chi connectivity index (χ0) is 12.0. The second kappa shape index (κ2) is 6.18. The SMILES string of the molecule is CCOC(=O)/C=C(/C)Oc1ccccc1Cl. The highest BCUT2D eigenvalue weighted by molar-refractivity contribution is 6.32. The second-order valence-electron chi connectivity index (χ2n) is 3.04. The summed E-state index contributed by atoms with van der Waals surface area (Å²) in [5.41, 5.74) is 0. The number of carbonyl (C=O) groups excluding carboxylic acids is 1. The van der Waals surface area contributed by atoms with Crippen LogP contribution in [0.2, 0.25) is 5.02 Å². The van der Waals surface area contributed by atoms with Crippen molar-refractivity contribution < 1.29 is 14.3 Å². The number of para-hydroxylation sites is 1. The van der Waals surface area contributed by atoms with Gasteiger partial charge in [-0.2, -0.15) is 0 Å². The standard InChI is InChI=1S/C12H13ClO3/c1-3-15-12(14)8-9(2)16-11-7-5-4-6-10(11)13/h4-8H,3H2,1-2H3/b9-8-. The molecular formula is C12H13ClO3. The summed E-state index contributed by atoms with van der Waals surface area (Å²) in [5, 5.41) is 0.499. The van der Waals surface area contributed by atoms with E-state index in [0.29, 0.717) is 23.1 Å². The molecule has 0 aliphatic carbocycles. The first-order valence-electron chi connectivity index (χ1n) is 4.91. The monoisotopic (exact) mass is 240 g/mol. The summed E-state index contributed by atoms with van der Waals surface area (Å²) >= 11 is 5.90. The van der Waals surface area contributed by atoms with Crippen molar-refractivity contribution in [1.82, 2.24) is 0 Å². The highest BCUT2D eigenvalue weighted by Crippen LogP contribution is 2.24. The van der Waals surface area contributed by atoms with E-state index in [-0.39, 0.29) is 0 Å². The maximum absolute atomic E-state index is 11.1. The third-order valence-corrected chi connectivity index (χ3v) is 2.03. The molecule has 0 fully saturated rings. The molecule has 86 valence electrons. The summed E-state index contributed by atoms with van der Waals surface area (Å²) in [4.78, 5) is 11.1. The fourth-order valence-electron chi connectivity index (χ4n) is 1.08. The molecule has 0 radical (unpaired) electrons. The number of hydrogen-bond donors (Lipinski definition) is 0. The Labute approximate surface area is 99.6 Å². The van der Waals surface area contributed by atoms with Gasteiger partial charge in [-0.05, 0) is 26.0 Å². The molecule has 0 heterocycles. The molecule has 0 aliphatic heterocycles. The van der Waals surface area contributed by atoms with E-state index in [4.69, 9.17) is 21.1 Å². The molecule has 16 heavy (non-hydrogen) atoms. The number of benzene rings is 1. The average Bonchev–Trinajstić information content (AvgIpc) is 2.21. The van der Waals surface area contributed by atoms with Crippen LogP contribution in [0.15, 0.2) is 36.1 Å². The number of esters is 1. The molecule has 0 aliphatic rings. The lowest BCUT2D eigenvalue weighted by Crippen LogP contribution is -2.02. The van der Waals surface area contributed by atoms with Gasteiger partial charge in [-0.15, -0.1) is 0 Å². The largest absolute Gasteiger partial charge is 0.463 e. The molecule has 1 rings (SSSR count). The summed E-state index contributed by atoms with van der Waals surface area (Å²) in [6.07, 6.45) is 1.28. The molecule has 0 atom stereocenters. The zero-order valence-corrected chi connectivity index (χ0v) is 9.95. The number of ether oxygens (including phenoxy) is 2. The minimum atomic E-state index is -0.424. The predicted molar refractivity (Wildman–Crippen MR) is 62.5 cm³/mol. The van der Waals surface area contributed by atoms with E-state index < -0.39 is 5.97 Å². The van der Waals surface area contributed by atoms with Crippen molar-refractivity contribution in [3.63, 3.8) is 0 Å².